The standard InChI is InChI=1S/C61H96O5/c1-4-7-10-13-16-19-22-25-28-30-32-35-38-41-44-47-50-53-56-64-57-59(66-61(63)55-52-49-46-43-40-37-33-27-24-21-18-15-12-9-6-3)58-65-60(62)54-51-48-45-42-39-36-34-31-29-26-23-20-17-14-11-8-5-2/h7-12,16-21,25-29,32-36,40,43,59H,4-6,13-15,22-24,30-31,37-39,41-42,44-58H2,1-3H3/b10-7-,11-8-,12-9-,19-16-,20-17-,21-18-,28-25-,29-26-,33-27-,35-32-,36-34-,43-40-. The van der Waals surface area contributed by atoms with Gasteiger partial charge in [0, 0.05) is 19.4 Å². The molecule has 1 unspecified atom stereocenters. The Labute approximate surface area is 406 Å². The molecule has 66 heavy (non-hydrogen) atoms. The minimum atomic E-state index is -0.590. The average Bonchev–Trinajstić information content (AvgIpc) is 3.32. The lowest BCUT2D eigenvalue weighted by molar-refractivity contribution is -0.163. The first-order chi connectivity index (χ1) is 32.6. The molecule has 0 N–H and O–H groups in total. The van der Waals surface area contributed by atoms with Crippen LogP contribution in [0.3, 0.4) is 0 Å². The van der Waals surface area contributed by atoms with E-state index in [0.717, 1.165) is 148 Å². The maximum absolute atomic E-state index is 12.8. The Morgan fingerprint density at radius 2 is 0.636 bits per heavy atom. The zero-order valence-electron chi connectivity index (χ0n) is 42.4. The van der Waals surface area contributed by atoms with E-state index < -0.39 is 6.10 Å². The monoisotopic (exact) mass is 909 g/mol. The van der Waals surface area contributed by atoms with Crippen molar-refractivity contribution in [1.82, 2.24) is 0 Å². The first kappa shape index (κ1) is 61.8. The molecule has 0 aliphatic rings. The highest BCUT2D eigenvalue weighted by Crippen LogP contribution is 2.11. The summed E-state index contributed by atoms with van der Waals surface area (Å²) in [6.07, 6.45) is 80.0. The van der Waals surface area contributed by atoms with Gasteiger partial charge in [0.25, 0.3) is 0 Å². The maximum Gasteiger partial charge on any atom is 0.306 e. The van der Waals surface area contributed by atoms with Gasteiger partial charge in [-0.05, 0) is 135 Å². The van der Waals surface area contributed by atoms with Gasteiger partial charge in [-0.15, -0.1) is 0 Å². The van der Waals surface area contributed by atoms with Gasteiger partial charge in [0.1, 0.15) is 6.61 Å². The summed E-state index contributed by atoms with van der Waals surface area (Å²) < 4.78 is 17.4. The predicted molar refractivity (Wildman–Crippen MR) is 288 cm³/mol. The Kier molecular flexibility index (Phi) is 51.6. The number of rotatable bonds is 46. The van der Waals surface area contributed by atoms with E-state index in [9.17, 15) is 9.59 Å². The van der Waals surface area contributed by atoms with E-state index in [4.69, 9.17) is 14.2 Å². The van der Waals surface area contributed by atoms with E-state index in [1.807, 2.05) is 0 Å². The lowest BCUT2D eigenvalue weighted by atomic mass is 10.1. The van der Waals surface area contributed by atoms with Gasteiger partial charge >= 0.3 is 11.9 Å². The van der Waals surface area contributed by atoms with Crippen molar-refractivity contribution in [2.45, 2.75) is 207 Å². The lowest BCUT2D eigenvalue weighted by Crippen LogP contribution is -2.30. The first-order valence-corrected chi connectivity index (χ1v) is 26.4. The number of carbonyl (C=O) groups excluding carboxylic acids is 2. The summed E-state index contributed by atoms with van der Waals surface area (Å²) in [5, 5.41) is 0. The van der Waals surface area contributed by atoms with Crippen LogP contribution in [0.4, 0.5) is 0 Å². The van der Waals surface area contributed by atoms with Crippen LogP contribution in [0.1, 0.15) is 201 Å². The molecule has 0 aromatic carbocycles. The fourth-order valence-electron chi connectivity index (χ4n) is 6.54. The van der Waals surface area contributed by atoms with Gasteiger partial charge in [-0.25, -0.2) is 0 Å². The third-order valence-corrected chi connectivity index (χ3v) is 10.4. The molecule has 5 heteroatoms. The summed E-state index contributed by atoms with van der Waals surface area (Å²) in [6.45, 7) is 7.35. The molecule has 0 fully saturated rings. The highest BCUT2D eigenvalue weighted by molar-refractivity contribution is 5.70. The Morgan fingerprint density at radius 3 is 1.05 bits per heavy atom. The molecule has 0 heterocycles. The van der Waals surface area contributed by atoms with Crippen molar-refractivity contribution in [3.63, 3.8) is 0 Å². The molecule has 0 spiro atoms. The molecular formula is C61H96O5. The molecule has 0 amide bonds. The van der Waals surface area contributed by atoms with E-state index in [-0.39, 0.29) is 25.2 Å². The maximum atomic E-state index is 12.8. The van der Waals surface area contributed by atoms with Gasteiger partial charge in [-0.3, -0.25) is 9.59 Å². The van der Waals surface area contributed by atoms with E-state index >= 15 is 0 Å². The van der Waals surface area contributed by atoms with Crippen molar-refractivity contribution in [2.75, 3.05) is 19.8 Å². The molecule has 0 bridgehead atoms. The van der Waals surface area contributed by atoms with Gasteiger partial charge in [0.05, 0.1) is 6.61 Å². The SMILES string of the molecule is CC/C=C\C/C=C\C/C=C\C/C=C\CCCCCCCOCC(COC(=O)CCCCCC/C=C\C/C=C\C/C=C\C/C=C\CC)OC(=O)CCCC/C=C\C/C=C\C/C=C\C/C=C\CC. The number of hydrogen-bond acceptors (Lipinski definition) is 5. The van der Waals surface area contributed by atoms with Crippen LogP contribution < -0.4 is 0 Å². The quantitative estimate of drug-likeness (QED) is 0.0346. The lowest BCUT2D eigenvalue weighted by Gasteiger charge is -2.18. The number of carbonyl (C=O) groups is 2. The molecule has 0 aromatic rings. The summed E-state index contributed by atoms with van der Waals surface area (Å²) >= 11 is 0. The van der Waals surface area contributed by atoms with E-state index in [1.165, 1.54) is 19.3 Å². The van der Waals surface area contributed by atoms with Gasteiger partial charge in [0.2, 0.25) is 0 Å². The number of allylic oxidation sites excluding steroid dienone is 24. The summed E-state index contributed by atoms with van der Waals surface area (Å²) in [5.74, 6) is -0.496. The van der Waals surface area contributed by atoms with Gasteiger partial charge < -0.3 is 14.2 Å². The molecule has 0 aliphatic carbocycles. The van der Waals surface area contributed by atoms with Crippen molar-refractivity contribution in [3.05, 3.63) is 146 Å². The van der Waals surface area contributed by atoms with Crippen LogP contribution in [0.15, 0.2) is 146 Å². The predicted octanol–water partition coefficient (Wildman–Crippen LogP) is 18.1. The number of hydrogen-bond donors (Lipinski definition) is 0. The summed E-state index contributed by atoms with van der Waals surface area (Å²) in [5.41, 5.74) is 0. The normalized spacial score (nSPS) is 13.4. The van der Waals surface area contributed by atoms with Crippen LogP contribution in [0.2, 0.25) is 0 Å². The smallest absolute Gasteiger partial charge is 0.306 e. The molecular weight excluding hydrogens is 813 g/mol. The fourth-order valence-corrected chi connectivity index (χ4v) is 6.54. The van der Waals surface area contributed by atoms with Crippen LogP contribution in [-0.4, -0.2) is 37.9 Å². The van der Waals surface area contributed by atoms with Crippen LogP contribution >= 0.6 is 0 Å². The van der Waals surface area contributed by atoms with Crippen molar-refractivity contribution >= 4 is 11.9 Å². The second-order valence-corrected chi connectivity index (χ2v) is 16.6. The summed E-state index contributed by atoms with van der Waals surface area (Å²) in [7, 11) is 0. The van der Waals surface area contributed by atoms with Gasteiger partial charge in [-0.1, -0.05) is 199 Å². The number of esters is 2. The van der Waals surface area contributed by atoms with Crippen molar-refractivity contribution < 1.29 is 23.8 Å². The second kappa shape index (κ2) is 55.1. The molecule has 370 valence electrons. The highest BCUT2D eigenvalue weighted by Gasteiger charge is 2.17. The van der Waals surface area contributed by atoms with Crippen molar-refractivity contribution in [1.29, 1.82) is 0 Å². The zero-order valence-corrected chi connectivity index (χ0v) is 42.4. The largest absolute Gasteiger partial charge is 0.462 e. The first-order valence-electron chi connectivity index (χ1n) is 26.4. The second-order valence-electron chi connectivity index (χ2n) is 16.6. The van der Waals surface area contributed by atoms with Gasteiger partial charge in [-0.2, -0.15) is 0 Å². The Hall–Kier alpha value is -4.22. The third-order valence-electron chi connectivity index (χ3n) is 10.4. The fraction of sp³-hybridized carbons (Fsp3) is 0.574. The number of ether oxygens (including phenoxy) is 3. The van der Waals surface area contributed by atoms with E-state index in [2.05, 4.69) is 167 Å². The zero-order chi connectivity index (χ0) is 47.7. The Morgan fingerprint density at radius 1 is 0.333 bits per heavy atom. The molecule has 5 nitrogen and oxygen atoms in total. The summed E-state index contributed by atoms with van der Waals surface area (Å²) in [4.78, 5) is 25.4. The van der Waals surface area contributed by atoms with Crippen LogP contribution in [0, 0.1) is 0 Å². The Bertz CT molecular complexity index is 1450. The van der Waals surface area contributed by atoms with Crippen molar-refractivity contribution in [3.8, 4) is 0 Å². The molecule has 0 saturated carbocycles. The van der Waals surface area contributed by atoms with Crippen LogP contribution in [0.25, 0.3) is 0 Å². The molecule has 0 aliphatic heterocycles. The molecule has 1 atom stereocenters. The average molecular weight is 909 g/mol. The van der Waals surface area contributed by atoms with Crippen LogP contribution in [-0.2, 0) is 23.8 Å². The molecule has 0 rings (SSSR count). The van der Waals surface area contributed by atoms with Crippen molar-refractivity contribution in [2.24, 2.45) is 0 Å². The van der Waals surface area contributed by atoms with Crippen LogP contribution in [0.5, 0.6) is 0 Å². The topological polar surface area (TPSA) is 61.8 Å². The Balaban J connectivity index is 4.46. The molecule has 0 saturated heterocycles. The minimum Gasteiger partial charge on any atom is -0.462 e. The molecule has 0 aromatic heterocycles. The van der Waals surface area contributed by atoms with E-state index in [0.29, 0.717) is 19.4 Å². The summed E-state index contributed by atoms with van der Waals surface area (Å²) in [6, 6.07) is 0. The van der Waals surface area contributed by atoms with Gasteiger partial charge in [0.15, 0.2) is 6.10 Å². The minimum absolute atomic E-state index is 0.0374. The highest BCUT2D eigenvalue weighted by atomic mass is 16.6. The number of unbranched alkanes of at least 4 members (excludes halogenated alkanes) is 11. The van der Waals surface area contributed by atoms with E-state index in [1.54, 1.807) is 0 Å². The molecule has 0 radical (unpaired) electrons. The third kappa shape index (κ3) is 52.4.